The van der Waals surface area contributed by atoms with E-state index in [1.165, 1.54) is 41.2 Å². The van der Waals surface area contributed by atoms with Crippen LogP contribution in [-0.4, -0.2) is 17.1 Å². The number of benzene rings is 2. The summed E-state index contributed by atoms with van der Waals surface area (Å²) in [7, 11) is 0. The zero-order valence-electron chi connectivity index (χ0n) is 14.2. The van der Waals surface area contributed by atoms with Gasteiger partial charge in [0.1, 0.15) is 11.6 Å². The highest BCUT2D eigenvalue weighted by atomic mass is 32.1. The van der Waals surface area contributed by atoms with E-state index in [1.54, 1.807) is 0 Å². The average molecular weight is 368 g/mol. The van der Waals surface area contributed by atoms with Gasteiger partial charge in [0.15, 0.2) is 11.4 Å². The van der Waals surface area contributed by atoms with Gasteiger partial charge in [0, 0.05) is 0 Å². The second-order valence-corrected chi connectivity index (χ2v) is 6.59. The van der Waals surface area contributed by atoms with Gasteiger partial charge >= 0.3 is 0 Å². The molecule has 132 valence electrons. The molecule has 26 heavy (non-hydrogen) atoms. The van der Waals surface area contributed by atoms with Crippen LogP contribution in [0, 0.1) is 18.2 Å². The summed E-state index contributed by atoms with van der Waals surface area (Å²) in [6.07, 6.45) is 6.40. The Labute approximate surface area is 154 Å². The van der Waals surface area contributed by atoms with Crippen molar-refractivity contribution in [1.29, 1.82) is 0 Å². The van der Waals surface area contributed by atoms with Crippen LogP contribution in [0.5, 0.6) is 5.75 Å². The van der Waals surface area contributed by atoms with Gasteiger partial charge in [0.25, 0.3) is 5.91 Å². The number of aromatic nitrogens is 1. The highest BCUT2D eigenvalue weighted by Gasteiger charge is 2.08. The Morgan fingerprint density at radius 3 is 2.77 bits per heavy atom. The molecule has 0 atom stereocenters. The predicted octanol–water partition coefficient (Wildman–Crippen LogP) is 3.54. The second kappa shape index (κ2) is 7.98. The molecule has 0 aliphatic heterocycles. The SMILES string of the molecule is C#CCn1c(=NC(=O)COc2ccc(F)cc2)sc2cc(CC)ccc21. The Hall–Kier alpha value is -2.91. The number of aryl methyl sites for hydroxylation is 1. The minimum atomic E-state index is -0.428. The molecule has 1 aromatic heterocycles. The molecule has 0 fully saturated rings. The van der Waals surface area contributed by atoms with Gasteiger partial charge in [-0.15, -0.1) is 6.42 Å². The zero-order valence-corrected chi connectivity index (χ0v) is 15.1. The Bertz CT molecular complexity index is 1040. The van der Waals surface area contributed by atoms with Crippen molar-refractivity contribution in [3.8, 4) is 18.1 Å². The van der Waals surface area contributed by atoms with E-state index in [-0.39, 0.29) is 12.4 Å². The third-order valence-corrected chi connectivity index (χ3v) is 4.84. The fraction of sp³-hybridized carbons (Fsp3) is 0.200. The highest BCUT2D eigenvalue weighted by Crippen LogP contribution is 2.19. The number of hydrogen-bond donors (Lipinski definition) is 0. The summed E-state index contributed by atoms with van der Waals surface area (Å²) in [4.78, 5) is 16.9. The van der Waals surface area contributed by atoms with E-state index >= 15 is 0 Å². The fourth-order valence-electron chi connectivity index (χ4n) is 2.48. The highest BCUT2D eigenvalue weighted by molar-refractivity contribution is 7.16. The molecular formula is C20H17FN2O2S. The molecule has 0 bridgehead atoms. The standard InChI is InChI=1S/C20H17FN2O2S/c1-3-11-23-17-10-5-14(4-2)12-18(17)26-20(23)22-19(24)13-25-16-8-6-15(21)7-9-16/h1,5-10,12H,4,11,13H2,2H3. The second-order valence-electron chi connectivity index (χ2n) is 5.58. The maximum absolute atomic E-state index is 12.9. The van der Waals surface area contributed by atoms with Crippen LogP contribution in [0.3, 0.4) is 0 Å². The summed E-state index contributed by atoms with van der Waals surface area (Å²) in [5.41, 5.74) is 2.17. The number of carbonyl (C=O) groups is 1. The Balaban J connectivity index is 1.87. The van der Waals surface area contributed by atoms with E-state index in [9.17, 15) is 9.18 Å². The Morgan fingerprint density at radius 1 is 1.31 bits per heavy atom. The normalized spacial score (nSPS) is 11.5. The topological polar surface area (TPSA) is 43.6 Å². The lowest BCUT2D eigenvalue weighted by molar-refractivity contribution is -0.120. The molecule has 0 aliphatic rings. The summed E-state index contributed by atoms with van der Waals surface area (Å²) in [5, 5.41) is 0. The smallest absolute Gasteiger partial charge is 0.286 e. The lowest BCUT2D eigenvalue weighted by atomic mass is 10.2. The lowest BCUT2D eigenvalue weighted by Gasteiger charge is -2.03. The van der Waals surface area contributed by atoms with Gasteiger partial charge in [-0.05, 0) is 48.4 Å². The average Bonchev–Trinajstić information content (AvgIpc) is 2.98. The van der Waals surface area contributed by atoms with E-state index in [2.05, 4.69) is 23.9 Å². The van der Waals surface area contributed by atoms with Crippen LogP contribution in [-0.2, 0) is 17.8 Å². The molecule has 0 unspecified atom stereocenters. The molecule has 1 heterocycles. The zero-order chi connectivity index (χ0) is 18.5. The molecule has 6 heteroatoms. The molecule has 0 N–H and O–H groups in total. The van der Waals surface area contributed by atoms with Gasteiger partial charge in [-0.3, -0.25) is 4.79 Å². The van der Waals surface area contributed by atoms with Crippen LogP contribution < -0.4 is 9.54 Å². The Morgan fingerprint density at radius 2 is 2.08 bits per heavy atom. The van der Waals surface area contributed by atoms with Crippen molar-refractivity contribution in [3.05, 3.63) is 58.6 Å². The van der Waals surface area contributed by atoms with Crippen LogP contribution in [0.4, 0.5) is 4.39 Å². The van der Waals surface area contributed by atoms with Crippen LogP contribution in [0.15, 0.2) is 47.5 Å². The summed E-state index contributed by atoms with van der Waals surface area (Å²) in [5.74, 6) is 2.22. The molecule has 0 radical (unpaired) electrons. The number of fused-ring (bicyclic) bond motifs is 1. The first-order valence-corrected chi connectivity index (χ1v) is 8.94. The van der Waals surface area contributed by atoms with E-state index < -0.39 is 5.91 Å². The first-order chi connectivity index (χ1) is 12.6. The van der Waals surface area contributed by atoms with Gasteiger partial charge in [-0.25, -0.2) is 4.39 Å². The summed E-state index contributed by atoms with van der Waals surface area (Å²) in [6, 6.07) is 11.6. The number of rotatable bonds is 5. The van der Waals surface area contributed by atoms with Crippen molar-refractivity contribution >= 4 is 27.5 Å². The minimum absolute atomic E-state index is 0.226. The largest absolute Gasteiger partial charge is 0.484 e. The summed E-state index contributed by atoms with van der Waals surface area (Å²) >= 11 is 1.42. The molecule has 1 amide bonds. The van der Waals surface area contributed by atoms with Crippen molar-refractivity contribution in [2.75, 3.05) is 6.61 Å². The number of thiazole rings is 1. The Kier molecular flexibility index (Phi) is 5.49. The summed E-state index contributed by atoms with van der Waals surface area (Å²) in [6.45, 7) is 2.19. The molecule has 0 saturated carbocycles. The minimum Gasteiger partial charge on any atom is -0.484 e. The lowest BCUT2D eigenvalue weighted by Crippen LogP contribution is -2.19. The molecule has 3 aromatic rings. The number of carbonyl (C=O) groups excluding carboxylic acids is 1. The summed E-state index contributed by atoms with van der Waals surface area (Å²) < 4.78 is 21.1. The van der Waals surface area contributed by atoms with Gasteiger partial charge in [0.2, 0.25) is 0 Å². The first-order valence-electron chi connectivity index (χ1n) is 8.12. The molecule has 3 rings (SSSR count). The number of ether oxygens (including phenoxy) is 1. The number of terminal acetylenes is 1. The van der Waals surface area contributed by atoms with Gasteiger partial charge < -0.3 is 9.30 Å². The van der Waals surface area contributed by atoms with Crippen molar-refractivity contribution in [2.45, 2.75) is 19.9 Å². The predicted molar refractivity (Wildman–Crippen MR) is 100 cm³/mol. The fourth-order valence-corrected chi connectivity index (χ4v) is 3.59. The van der Waals surface area contributed by atoms with Crippen LogP contribution in [0.1, 0.15) is 12.5 Å². The van der Waals surface area contributed by atoms with Crippen molar-refractivity contribution in [3.63, 3.8) is 0 Å². The maximum atomic E-state index is 12.9. The number of nitrogens with zero attached hydrogens (tertiary/aromatic N) is 2. The maximum Gasteiger partial charge on any atom is 0.286 e. The molecule has 0 aliphatic carbocycles. The first kappa shape index (κ1) is 17.9. The van der Waals surface area contributed by atoms with E-state index in [0.717, 1.165) is 16.6 Å². The van der Waals surface area contributed by atoms with E-state index in [0.29, 0.717) is 17.1 Å². The number of halogens is 1. The molecular weight excluding hydrogens is 351 g/mol. The van der Waals surface area contributed by atoms with Crippen LogP contribution in [0.25, 0.3) is 10.2 Å². The third kappa shape index (κ3) is 4.01. The quantitative estimate of drug-likeness (QED) is 0.647. The number of hydrogen-bond acceptors (Lipinski definition) is 3. The van der Waals surface area contributed by atoms with E-state index in [1.807, 2.05) is 16.7 Å². The van der Waals surface area contributed by atoms with Crippen LogP contribution >= 0.6 is 11.3 Å². The molecule has 0 saturated heterocycles. The number of amides is 1. The van der Waals surface area contributed by atoms with Gasteiger partial charge in [-0.1, -0.05) is 30.2 Å². The van der Waals surface area contributed by atoms with Crippen molar-refractivity contribution < 1.29 is 13.9 Å². The molecule has 4 nitrogen and oxygen atoms in total. The van der Waals surface area contributed by atoms with Gasteiger partial charge in [-0.2, -0.15) is 4.99 Å². The monoisotopic (exact) mass is 368 g/mol. The molecule has 0 spiro atoms. The van der Waals surface area contributed by atoms with Gasteiger partial charge in [0.05, 0.1) is 16.8 Å². The van der Waals surface area contributed by atoms with E-state index in [4.69, 9.17) is 11.2 Å². The third-order valence-electron chi connectivity index (χ3n) is 3.80. The molecule has 2 aromatic carbocycles. The van der Waals surface area contributed by atoms with Crippen molar-refractivity contribution in [1.82, 2.24) is 4.57 Å². The van der Waals surface area contributed by atoms with Crippen molar-refractivity contribution in [2.24, 2.45) is 4.99 Å². The van der Waals surface area contributed by atoms with Crippen LogP contribution in [0.2, 0.25) is 0 Å².